The molecule has 10 nitrogen and oxygen atoms in total. The van der Waals surface area contributed by atoms with Crippen LogP contribution in [-0.4, -0.2) is 59.4 Å². The summed E-state index contributed by atoms with van der Waals surface area (Å²) in [4.78, 5) is 30.0. The fraction of sp³-hybridized carbons (Fsp3) is 0.444. The second-order valence-electron chi connectivity index (χ2n) is 10.2. The van der Waals surface area contributed by atoms with Crippen LogP contribution in [0.2, 0.25) is 0 Å². The smallest absolute Gasteiger partial charge is 0.284 e. The number of para-hydroxylation sites is 1. The number of aliphatic hydroxyl groups excluding tert-OH is 1. The maximum atomic E-state index is 13.7. The van der Waals surface area contributed by atoms with Crippen LogP contribution < -0.4 is 11.1 Å². The second kappa shape index (κ2) is 11.2. The molecule has 1 aromatic carbocycles. The Labute approximate surface area is 222 Å². The van der Waals surface area contributed by atoms with Crippen LogP contribution in [0.3, 0.4) is 0 Å². The van der Waals surface area contributed by atoms with Gasteiger partial charge in [0.1, 0.15) is 5.58 Å². The summed E-state index contributed by atoms with van der Waals surface area (Å²) in [5, 5.41) is 14.6. The number of pyridine rings is 1. The Kier molecular flexibility index (Phi) is 8.19. The van der Waals surface area contributed by atoms with Gasteiger partial charge in [-0.05, 0) is 50.3 Å². The molecule has 0 aliphatic carbocycles. The standard InChI is InChI=1S/C27H34N4O6S/c1-16(2)14-19(24-18-8-4-5-9-22(18)37-25(24)26(28)33)27(34)30-20-12-11-17(3)31(15-21(20)32)38(35,36)23-10-6-7-13-29-23/h4-10,13,16-17,19-21,32H,11-12,14-15H2,1-3H3,(H2,28,33)(H,30,34)/t17-,19+,20+,21+/m1/s1. The molecule has 0 unspecified atom stereocenters. The van der Waals surface area contributed by atoms with Crippen LogP contribution in [0.5, 0.6) is 0 Å². The van der Waals surface area contributed by atoms with Crippen molar-refractivity contribution in [3.8, 4) is 0 Å². The van der Waals surface area contributed by atoms with Crippen molar-refractivity contribution in [1.82, 2.24) is 14.6 Å². The highest BCUT2D eigenvalue weighted by Crippen LogP contribution is 2.36. The number of β-amino-alcohol motifs (C(OH)–C–C–N with tert-alkyl or cyclic N) is 1. The number of primary amides is 1. The maximum absolute atomic E-state index is 13.7. The van der Waals surface area contributed by atoms with E-state index in [9.17, 15) is 23.1 Å². The number of furan rings is 1. The van der Waals surface area contributed by atoms with Crippen molar-refractivity contribution in [3.63, 3.8) is 0 Å². The van der Waals surface area contributed by atoms with Crippen molar-refractivity contribution in [2.75, 3.05) is 6.54 Å². The zero-order chi connectivity index (χ0) is 27.6. The molecule has 38 heavy (non-hydrogen) atoms. The van der Waals surface area contributed by atoms with Crippen molar-refractivity contribution < 1.29 is 27.5 Å². The molecule has 4 N–H and O–H groups in total. The van der Waals surface area contributed by atoms with Gasteiger partial charge in [-0.3, -0.25) is 9.59 Å². The van der Waals surface area contributed by atoms with Gasteiger partial charge in [0.25, 0.3) is 15.9 Å². The monoisotopic (exact) mass is 542 g/mol. The Hall–Kier alpha value is -3.28. The van der Waals surface area contributed by atoms with Crippen molar-refractivity contribution >= 4 is 32.8 Å². The van der Waals surface area contributed by atoms with Gasteiger partial charge in [0.15, 0.2) is 10.8 Å². The first-order valence-corrected chi connectivity index (χ1v) is 14.2. The number of aromatic nitrogens is 1. The molecule has 3 aromatic rings. The molecule has 0 bridgehead atoms. The van der Waals surface area contributed by atoms with E-state index < -0.39 is 40.0 Å². The predicted octanol–water partition coefficient (Wildman–Crippen LogP) is 2.78. The molecule has 1 aliphatic rings. The Bertz CT molecular complexity index is 1410. The number of rotatable bonds is 8. The minimum Gasteiger partial charge on any atom is -0.451 e. The highest BCUT2D eigenvalue weighted by molar-refractivity contribution is 7.89. The van der Waals surface area contributed by atoms with Crippen LogP contribution in [0.25, 0.3) is 11.0 Å². The van der Waals surface area contributed by atoms with E-state index in [0.717, 1.165) is 0 Å². The predicted molar refractivity (Wildman–Crippen MR) is 142 cm³/mol. The maximum Gasteiger partial charge on any atom is 0.284 e. The Morgan fingerprint density at radius 1 is 1.18 bits per heavy atom. The summed E-state index contributed by atoms with van der Waals surface area (Å²) in [6, 6.07) is 10.6. The number of nitrogens with one attached hydrogen (secondary N) is 1. The largest absolute Gasteiger partial charge is 0.451 e. The number of fused-ring (bicyclic) bond motifs is 1. The fourth-order valence-electron chi connectivity index (χ4n) is 5.08. The van der Waals surface area contributed by atoms with Gasteiger partial charge in [-0.1, -0.05) is 38.1 Å². The molecular weight excluding hydrogens is 508 g/mol. The molecule has 1 saturated heterocycles. The van der Waals surface area contributed by atoms with E-state index in [-0.39, 0.29) is 29.2 Å². The molecule has 1 fully saturated rings. The third kappa shape index (κ3) is 5.59. The first kappa shape index (κ1) is 27.7. The number of amides is 2. The fourth-order valence-corrected chi connectivity index (χ4v) is 6.69. The molecule has 2 amide bonds. The summed E-state index contributed by atoms with van der Waals surface area (Å²) in [7, 11) is -3.94. The summed E-state index contributed by atoms with van der Waals surface area (Å²) < 4.78 is 33.5. The molecule has 4 rings (SSSR count). The van der Waals surface area contributed by atoms with Gasteiger partial charge >= 0.3 is 0 Å². The number of carbonyl (C=O) groups excluding carboxylic acids is 2. The number of sulfonamides is 1. The van der Waals surface area contributed by atoms with Gasteiger partial charge in [0, 0.05) is 29.7 Å². The zero-order valence-corrected chi connectivity index (χ0v) is 22.5. The number of carbonyl (C=O) groups is 2. The average molecular weight is 543 g/mol. The highest BCUT2D eigenvalue weighted by Gasteiger charge is 2.39. The molecule has 4 atom stereocenters. The molecule has 0 saturated carbocycles. The van der Waals surface area contributed by atoms with Gasteiger partial charge in [-0.2, -0.15) is 4.31 Å². The van der Waals surface area contributed by atoms with E-state index in [1.165, 1.54) is 16.6 Å². The summed E-state index contributed by atoms with van der Waals surface area (Å²) in [5.41, 5.74) is 6.50. The number of benzene rings is 1. The minimum atomic E-state index is -3.94. The molecular formula is C27H34N4O6S. The molecule has 0 spiro atoms. The van der Waals surface area contributed by atoms with Crippen molar-refractivity contribution in [3.05, 3.63) is 60.0 Å². The lowest BCUT2D eigenvalue weighted by atomic mass is 9.87. The summed E-state index contributed by atoms with van der Waals surface area (Å²) >= 11 is 0. The van der Waals surface area contributed by atoms with Gasteiger partial charge in [0.05, 0.1) is 18.1 Å². The van der Waals surface area contributed by atoms with Crippen LogP contribution in [-0.2, 0) is 14.8 Å². The number of hydrogen-bond donors (Lipinski definition) is 3. The van der Waals surface area contributed by atoms with E-state index in [1.807, 2.05) is 13.8 Å². The van der Waals surface area contributed by atoms with Crippen LogP contribution in [0.15, 0.2) is 58.1 Å². The second-order valence-corrected chi connectivity index (χ2v) is 12.1. The van der Waals surface area contributed by atoms with Gasteiger partial charge < -0.3 is 20.6 Å². The SMILES string of the molecule is CC(C)C[C@H](C(=O)N[C@H]1CC[C@@H](C)N(S(=O)(=O)c2ccccn2)C[C@@H]1O)c1c(C(N)=O)oc2ccccc12. The summed E-state index contributed by atoms with van der Waals surface area (Å²) in [5.74, 6) is -1.88. The first-order chi connectivity index (χ1) is 18.0. The quantitative estimate of drug-likeness (QED) is 0.395. The van der Waals surface area contributed by atoms with Crippen molar-refractivity contribution in [2.24, 2.45) is 11.7 Å². The number of hydrogen-bond acceptors (Lipinski definition) is 7. The lowest BCUT2D eigenvalue weighted by molar-refractivity contribution is -0.124. The zero-order valence-electron chi connectivity index (χ0n) is 21.7. The Morgan fingerprint density at radius 3 is 2.55 bits per heavy atom. The lowest BCUT2D eigenvalue weighted by Crippen LogP contribution is -2.49. The molecule has 204 valence electrons. The number of nitrogens with zero attached hydrogens (tertiary/aromatic N) is 2. The van der Waals surface area contributed by atoms with Gasteiger partial charge in [-0.25, -0.2) is 13.4 Å². The highest BCUT2D eigenvalue weighted by atomic mass is 32.2. The molecule has 11 heteroatoms. The van der Waals surface area contributed by atoms with E-state index in [0.29, 0.717) is 35.8 Å². The summed E-state index contributed by atoms with van der Waals surface area (Å²) in [6.45, 7) is 5.51. The van der Waals surface area contributed by atoms with Crippen LogP contribution in [0, 0.1) is 5.92 Å². The van der Waals surface area contributed by atoms with Crippen molar-refractivity contribution in [2.45, 2.75) is 69.2 Å². The van der Waals surface area contributed by atoms with Crippen LogP contribution in [0.4, 0.5) is 0 Å². The Balaban J connectivity index is 1.61. The molecule has 2 aromatic heterocycles. The number of aliphatic hydroxyl groups is 1. The van der Waals surface area contributed by atoms with Crippen molar-refractivity contribution in [1.29, 1.82) is 0 Å². The van der Waals surface area contributed by atoms with Gasteiger partial charge in [0.2, 0.25) is 5.91 Å². The third-order valence-corrected chi connectivity index (χ3v) is 8.88. The molecule has 0 radical (unpaired) electrons. The molecule has 1 aliphatic heterocycles. The van der Waals surface area contributed by atoms with Crippen LogP contribution in [0.1, 0.15) is 62.1 Å². The van der Waals surface area contributed by atoms with Crippen LogP contribution >= 0.6 is 0 Å². The average Bonchev–Trinajstić information content (AvgIpc) is 3.21. The summed E-state index contributed by atoms with van der Waals surface area (Å²) in [6.07, 6.45) is 1.45. The topological polar surface area (TPSA) is 156 Å². The van der Waals surface area contributed by atoms with E-state index in [4.69, 9.17) is 10.2 Å². The van der Waals surface area contributed by atoms with Gasteiger partial charge in [-0.15, -0.1) is 0 Å². The first-order valence-electron chi connectivity index (χ1n) is 12.7. The normalized spacial score (nSPS) is 21.8. The van der Waals surface area contributed by atoms with E-state index >= 15 is 0 Å². The Morgan fingerprint density at radius 2 is 1.89 bits per heavy atom. The lowest BCUT2D eigenvalue weighted by Gasteiger charge is -2.28. The minimum absolute atomic E-state index is 0.0605. The molecule has 3 heterocycles. The third-order valence-electron chi connectivity index (χ3n) is 6.99. The van der Waals surface area contributed by atoms with E-state index in [1.54, 1.807) is 43.3 Å². The number of nitrogens with two attached hydrogens (primary N) is 1. The van der Waals surface area contributed by atoms with E-state index in [2.05, 4.69) is 10.3 Å².